The number of hydrogen-bond acceptors (Lipinski definition) is 8. The fourth-order valence-corrected chi connectivity index (χ4v) is 7.98. The zero-order valence-corrected chi connectivity index (χ0v) is 22.6. The molecule has 3 aliphatic rings. The number of esters is 1. The van der Waals surface area contributed by atoms with Crippen LogP contribution in [0.5, 0.6) is 5.75 Å². The number of nitrogens with two attached hydrogens (primary N) is 1. The van der Waals surface area contributed by atoms with Crippen LogP contribution >= 0.6 is 11.3 Å². The van der Waals surface area contributed by atoms with E-state index in [1.807, 2.05) is 19.1 Å². The Hall–Kier alpha value is -2.78. The van der Waals surface area contributed by atoms with Crippen LogP contribution in [0.2, 0.25) is 0 Å². The van der Waals surface area contributed by atoms with Crippen molar-refractivity contribution in [3.8, 4) is 5.75 Å². The highest BCUT2D eigenvalue weighted by atomic mass is 32.1. The van der Waals surface area contributed by atoms with E-state index in [0.717, 1.165) is 49.1 Å². The number of aryl methyl sites for hydroxylation is 2. The number of thiazole rings is 1. The van der Waals surface area contributed by atoms with Crippen molar-refractivity contribution in [2.75, 3.05) is 19.0 Å². The number of rotatable bonds is 7. The summed E-state index contributed by atoms with van der Waals surface area (Å²) < 4.78 is 5.37. The van der Waals surface area contributed by atoms with Gasteiger partial charge in [0.1, 0.15) is 12.9 Å². The third-order valence-corrected chi connectivity index (χ3v) is 9.61. The van der Waals surface area contributed by atoms with Crippen LogP contribution in [0, 0.1) is 30.1 Å². The molecule has 1 heterocycles. The van der Waals surface area contributed by atoms with Gasteiger partial charge in [0.05, 0.1) is 12.3 Å². The van der Waals surface area contributed by atoms with Crippen molar-refractivity contribution in [2.24, 2.45) is 34.1 Å². The first-order chi connectivity index (χ1) is 17.8. The Balaban J connectivity index is 1.35. The summed E-state index contributed by atoms with van der Waals surface area (Å²) in [6, 6.07) is 6.06. The van der Waals surface area contributed by atoms with Gasteiger partial charge in [-0.2, -0.15) is 0 Å². The Morgan fingerprint density at radius 3 is 2.89 bits per heavy atom. The number of carbonyl (C=O) groups excluding carboxylic acids is 2. The third kappa shape index (κ3) is 5.03. The summed E-state index contributed by atoms with van der Waals surface area (Å²) in [5, 5.41) is 8.14. The molecule has 0 radical (unpaired) electrons. The van der Waals surface area contributed by atoms with E-state index in [1.165, 1.54) is 22.5 Å². The molecular formula is C28H36N4O4S. The fourth-order valence-electron chi connectivity index (χ4n) is 7.30. The summed E-state index contributed by atoms with van der Waals surface area (Å²) in [7, 11) is 1.62. The SMILES string of the molecule is CO/N=C1\C[C@@H](CCC(=O)Nc2ncc(C)s2)C2C3CCc4cc(OC(=O)CN)ccc4C3CC[C@]12C. The molecule has 3 N–H and O–H groups in total. The summed E-state index contributed by atoms with van der Waals surface area (Å²) in [5.41, 5.74) is 9.19. The molecule has 1 amide bonds. The summed E-state index contributed by atoms with van der Waals surface area (Å²) in [6.07, 6.45) is 8.12. The van der Waals surface area contributed by atoms with Gasteiger partial charge in [-0.15, -0.1) is 11.3 Å². The van der Waals surface area contributed by atoms with Crippen LogP contribution in [0.3, 0.4) is 0 Å². The van der Waals surface area contributed by atoms with Crippen LogP contribution in [0.1, 0.15) is 67.4 Å². The third-order valence-electron chi connectivity index (χ3n) is 8.78. The number of nitrogens with zero attached hydrogens (tertiary/aromatic N) is 2. The molecule has 3 aliphatic carbocycles. The molecule has 2 aromatic rings. The molecule has 0 aliphatic heterocycles. The first-order valence-electron chi connectivity index (χ1n) is 13.2. The second kappa shape index (κ2) is 10.5. The summed E-state index contributed by atoms with van der Waals surface area (Å²) in [4.78, 5) is 35.1. The Morgan fingerprint density at radius 2 is 2.16 bits per heavy atom. The first-order valence-corrected chi connectivity index (χ1v) is 14.0. The number of ether oxygens (including phenoxy) is 1. The lowest BCUT2D eigenvalue weighted by molar-refractivity contribution is -0.132. The second-order valence-electron chi connectivity index (χ2n) is 10.9. The summed E-state index contributed by atoms with van der Waals surface area (Å²) in [6.45, 7) is 4.21. The number of anilines is 1. The highest BCUT2D eigenvalue weighted by Gasteiger charge is 2.57. The maximum Gasteiger partial charge on any atom is 0.325 e. The molecular weight excluding hydrogens is 488 g/mol. The monoisotopic (exact) mass is 524 g/mol. The molecule has 9 heteroatoms. The minimum atomic E-state index is -0.421. The molecule has 37 heavy (non-hydrogen) atoms. The minimum Gasteiger partial charge on any atom is -0.426 e. The van der Waals surface area contributed by atoms with Gasteiger partial charge in [-0.05, 0) is 92.4 Å². The predicted octanol–water partition coefficient (Wildman–Crippen LogP) is 4.82. The molecule has 3 unspecified atom stereocenters. The van der Waals surface area contributed by atoms with Crippen LogP contribution in [-0.4, -0.2) is 36.2 Å². The van der Waals surface area contributed by atoms with Gasteiger partial charge in [0, 0.05) is 22.9 Å². The lowest BCUT2D eigenvalue weighted by atomic mass is 9.54. The molecule has 1 aromatic heterocycles. The number of fused-ring (bicyclic) bond motifs is 5. The number of hydrogen-bond donors (Lipinski definition) is 2. The van der Waals surface area contributed by atoms with E-state index in [4.69, 9.17) is 15.3 Å². The van der Waals surface area contributed by atoms with Crippen LogP contribution in [0.25, 0.3) is 0 Å². The number of nitrogens with one attached hydrogen (secondary N) is 1. The van der Waals surface area contributed by atoms with E-state index >= 15 is 0 Å². The van der Waals surface area contributed by atoms with E-state index in [9.17, 15) is 9.59 Å². The normalized spacial score (nSPS) is 29.2. The van der Waals surface area contributed by atoms with E-state index in [-0.39, 0.29) is 17.9 Å². The van der Waals surface area contributed by atoms with E-state index < -0.39 is 5.97 Å². The summed E-state index contributed by atoms with van der Waals surface area (Å²) >= 11 is 1.50. The fraction of sp³-hybridized carbons (Fsp3) is 0.571. The van der Waals surface area contributed by atoms with Gasteiger partial charge in [-0.1, -0.05) is 18.1 Å². The first kappa shape index (κ1) is 25.9. The largest absolute Gasteiger partial charge is 0.426 e. The van der Waals surface area contributed by atoms with Crippen molar-refractivity contribution in [1.29, 1.82) is 0 Å². The average molecular weight is 525 g/mol. The standard InChI is InChI=1S/C28H36N4O4S/c1-16-15-30-27(37-16)31-24(33)9-5-18-13-23(32-35-3)28(2)11-10-21-20-8-6-19(36-25(34)14-29)12-17(20)4-7-22(21)26(18)28/h6,8,12,15,18,21-22,26H,4-5,7,9-11,13-14,29H2,1-3H3,(H,30,31,33)/b32-23+/t18-,21?,22?,26?,28-/m1/s1. The molecule has 2 fully saturated rings. The summed E-state index contributed by atoms with van der Waals surface area (Å²) in [5.74, 6) is 1.97. The van der Waals surface area contributed by atoms with Gasteiger partial charge >= 0.3 is 5.97 Å². The topological polar surface area (TPSA) is 116 Å². The number of aromatic nitrogens is 1. The number of benzene rings is 1. The zero-order chi connectivity index (χ0) is 26.2. The van der Waals surface area contributed by atoms with Gasteiger partial charge in [-0.3, -0.25) is 9.59 Å². The van der Waals surface area contributed by atoms with Crippen molar-refractivity contribution in [3.05, 3.63) is 40.4 Å². The molecule has 5 rings (SSSR count). The molecule has 8 nitrogen and oxygen atoms in total. The van der Waals surface area contributed by atoms with Gasteiger partial charge in [0.15, 0.2) is 5.13 Å². The molecule has 2 saturated carbocycles. The van der Waals surface area contributed by atoms with Crippen LogP contribution < -0.4 is 15.8 Å². The lowest BCUT2D eigenvalue weighted by Crippen LogP contribution is -2.44. The van der Waals surface area contributed by atoms with Gasteiger partial charge in [0.25, 0.3) is 0 Å². The van der Waals surface area contributed by atoms with Crippen LogP contribution in [-0.2, 0) is 20.8 Å². The molecule has 0 saturated heterocycles. The number of carbonyl (C=O) groups is 2. The van der Waals surface area contributed by atoms with Gasteiger partial charge in [0.2, 0.25) is 5.91 Å². The van der Waals surface area contributed by atoms with Gasteiger partial charge < -0.3 is 20.6 Å². The average Bonchev–Trinajstić information content (AvgIpc) is 3.42. The Labute approximate surface area is 222 Å². The Kier molecular flexibility index (Phi) is 7.36. The lowest BCUT2D eigenvalue weighted by Gasteiger charge is -2.50. The zero-order valence-electron chi connectivity index (χ0n) is 21.8. The second-order valence-corrected chi connectivity index (χ2v) is 12.1. The Bertz CT molecular complexity index is 1210. The van der Waals surface area contributed by atoms with Crippen molar-refractivity contribution < 1.29 is 19.2 Å². The van der Waals surface area contributed by atoms with Crippen molar-refractivity contribution in [3.63, 3.8) is 0 Å². The van der Waals surface area contributed by atoms with Crippen molar-refractivity contribution in [2.45, 2.75) is 64.7 Å². The van der Waals surface area contributed by atoms with E-state index in [2.05, 4.69) is 28.4 Å². The highest BCUT2D eigenvalue weighted by molar-refractivity contribution is 7.15. The minimum absolute atomic E-state index is 0.0150. The van der Waals surface area contributed by atoms with Crippen molar-refractivity contribution in [1.82, 2.24) is 4.98 Å². The number of amides is 1. The predicted molar refractivity (Wildman–Crippen MR) is 144 cm³/mol. The number of oxime groups is 1. The maximum absolute atomic E-state index is 12.8. The molecule has 5 atom stereocenters. The quantitative estimate of drug-likeness (QED) is 0.305. The molecule has 0 bridgehead atoms. The van der Waals surface area contributed by atoms with E-state index in [0.29, 0.717) is 41.0 Å². The van der Waals surface area contributed by atoms with Gasteiger partial charge in [-0.25, -0.2) is 4.98 Å². The Morgan fingerprint density at radius 1 is 1.32 bits per heavy atom. The van der Waals surface area contributed by atoms with Crippen molar-refractivity contribution >= 4 is 34.1 Å². The molecule has 0 spiro atoms. The molecule has 1 aromatic carbocycles. The van der Waals surface area contributed by atoms with Crippen LogP contribution in [0.15, 0.2) is 29.6 Å². The van der Waals surface area contributed by atoms with E-state index in [1.54, 1.807) is 13.3 Å². The van der Waals surface area contributed by atoms with Crippen LogP contribution in [0.4, 0.5) is 5.13 Å². The smallest absolute Gasteiger partial charge is 0.325 e. The molecule has 198 valence electrons. The highest BCUT2D eigenvalue weighted by Crippen LogP contribution is 2.62. The maximum atomic E-state index is 12.8.